The molecule has 17 heavy (non-hydrogen) atoms. The van der Waals surface area contributed by atoms with Crippen LogP contribution < -0.4 is 5.73 Å². The Balaban J connectivity index is 0.00000144. The third-order valence-electron chi connectivity index (χ3n) is 4.24. The summed E-state index contributed by atoms with van der Waals surface area (Å²) in [5.74, 6) is 0.239. The first-order chi connectivity index (χ1) is 7.69. The molecule has 1 heterocycles. The number of hydrogen-bond acceptors (Lipinski definition) is 3. The molecule has 0 unspecified atom stereocenters. The van der Waals surface area contributed by atoms with Crippen LogP contribution in [0.2, 0.25) is 0 Å². The average molecular weight is 263 g/mol. The van der Waals surface area contributed by atoms with Gasteiger partial charge in [-0.05, 0) is 32.1 Å². The fourth-order valence-corrected chi connectivity index (χ4v) is 2.58. The Labute approximate surface area is 109 Å². The van der Waals surface area contributed by atoms with Crippen LogP contribution in [0.1, 0.15) is 32.1 Å². The minimum atomic E-state index is -0.345. The van der Waals surface area contributed by atoms with Gasteiger partial charge in [0.15, 0.2) is 0 Å². The van der Waals surface area contributed by atoms with Crippen molar-refractivity contribution in [3.05, 3.63) is 0 Å². The van der Waals surface area contributed by atoms with Crippen LogP contribution in [0.4, 0.5) is 0 Å². The molecular formula is C12H23ClN2O2. The Bertz CT molecular complexity index is 263. The molecule has 1 saturated heterocycles. The zero-order chi connectivity index (χ0) is 11.6. The molecule has 2 aliphatic rings. The summed E-state index contributed by atoms with van der Waals surface area (Å²) in [5, 5.41) is 0. The predicted molar refractivity (Wildman–Crippen MR) is 69.2 cm³/mol. The molecule has 1 amide bonds. The van der Waals surface area contributed by atoms with Crippen LogP contribution in [-0.4, -0.2) is 43.7 Å². The normalized spacial score (nSPS) is 23.4. The lowest BCUT2D eigenvalue weighted by Gasteiger charge is -2.42. The van der Waals surface area contributed by atoms with E-state index in [1.165, 1.54) is 6.42 Å². The quantitative estimate of drug-likeness (QED) is 0.831. The molecule has 0 atom stereocenters. The first kappa shape index (κ1) is 14.7. The van der Waals surface area contributed by atoms with Gasteiger partial charge in [0.05, 0.1) is 5.41 Å². The SMILES string of the molecule is CN(C(=O)C1(CN)CCOCC1)C1CCC1.Cl. The molecule has 1 aliphatic carbocycles. The minimum Gasteiger partial charge on any atom is -0.381 e. The minimum absolute atomic E-state index is 0. The van der Waals surface area contributed by atoms with Gasteiger partial charge in [0.2, 0.25) is 5.91 Å². The van der Waals surface area contributed by atoms with E-state index in [1.54, 1.807) is 0 Å². The molecule has 0 bridgehead atoms. The molecule has 2 rings (SSSR count). The molecule has 2 N–H and O–H groups in total. The van der Waals surface area contributed by atoms with E-state index in [-0.39, 0.29) is 23.7 Å². The number of halogens is 1. The number of hydrogen-bond donors (Lipinski definition) is 1. The maximum absolute atomic E-state index is 12.5. The molecule has 2 fully saturated rings. The number of ether oxygens (including phenoxy) is 1. The first-order valence-electron chi connectivity index (χ1n) is 6.25. The Morgan fingerprint density at radius 1 is 1.41 bits per heavy atom. The van der Waals surface area contributed by atoms with Gasteiger partial charge < -0.3 is 15.4 Å². The largest absolute Gasteiger partial charge is 0.381 e. The highest BCUT2D eigenvalue weighted by Crippen LogP contribution is 2.34. The van der Waals surface area contributed by atoms with Crippen molar-refractivity contribution >= 4 is 18.3 Å². The van der Waals surface area contributed by atoms with Crippen molar-refractivity contribution in [3.8, 4) is 0 Å². The van der Waals surface area contributed by atoms with Gasteiger partial charge in [-0.2, -0.15) is 0 Å². The van der Waals surface area contributed by atoms with Gasteiger partial charge in [0.1, 0.15) is 0 Å². The zero-order valence-electron chi connectivity index (χ0n) is 10.5. The van der Waals surface area contributed by atoms with E-state index < -0.39 is 0 Å². The molecule has 0 spiro atoms. The number of nitrogens with two attached hydrogens (primary N) is 1. The number of carbonyl (C=O) groups excluding carboxylic acids is 1. The Kier molecular flexibility index (Phi) is 5.22. The fourth-order valence-electron chi connectivity index (χ4n) is 2.58. The molecule has 100 valence electrons. The maximum atomic E-state index is 12.5. The predicted octanol–water partition coefficient (Wildman–Crippen LogP) is 1.17. The van der Waals surface area contributed by atoms with E-state index >= 15 is 0 Å². The molecule has 0 aromatic carbocycles. The molecule has 0 aromatic rings. The van der Waals surface area contributed by atoms with Gasteiger partial charge >= 0.3 is 0 Å². The number of nitrogens with zero attached hydrogens (tertiary/aromatic N) is 1. The first-order valence-corrected chi connectivity index (χ1v) is 6.25. The zero-order valence-corrected chi connectivity index (χ0v) is 11.3. The lowest BCUT2D eigenvalue weighted by molar-refractivity contribution is -0.149. The van der Waals surface area contributed by atoms with Gasteiger partial charge in [-0.15, -0.1) is 12.4 Å². The summed E-state index contributed by atoms with van der Waals surface area (Å²) >= 11 is 0. The van der Waals surface area contributed by atoms with E-state index in [9.17, 15) is 4.79 Å². The highest BCUT2D eigenvalue weighted by Gasteiger charge is 2.42. The van der Waals surface area contributed by atoms with Crippen LogP contribution >= 0.6 is 12.4 Å². The number of amides is 1. The summed E-state index contributed by atoms with van der Waals surface area (Å²) in [4.78, 5) is 14.4. The van der Waals surface area contributed by atoms with Crippen LogP contribution in [0.15, 0.2) is 0 Å². The highest BCUT2D eigenvalue weighted by atomic mass is 35.5. The highest BCUT2D eigenvalue weighted by molar-refractivity contribution is 5.85. The van der Waals surface area contributed by atoms with Crippen LogP contribution in [0.25, 0.3) is 0 Å². The molecule has 0 aromatic heterocycles. The Morgan fingerprint density at radius 2 is 2.00 bits per heavy atom. The van der Waals surface area contributed by atoms with Crippen molar-refractivity contribution in [2.45, 2.75) is 38.1 Å². The third kappa shape index (κ3) is 2.75. The van der Waals surface area contributed by atoms with Crippen molar-refractivity contribution in [1.29, 1.82) is 0 Å². The lowest BCUT2D eigenvalue weighted by atomic mass is 9.78. The summed E-state index contributed by atoms with van der Waals surface area (Å²) in [6.45, 7) is 1.79. The second kappa shape index (κ2) is 6.03. The Morgan fingerprint density at radius 3 is 2.41 bits per heavy atom. The summed E-state index contributed by atoms with van der Waals surface area (Å²) in [7, 11) is 1.93. The van der Waals surface area contributed by atoms with Gasteiger partial charge in [-0.25, -0.2) is 0 Å². The smallest absolute Gasteiger partial charge is 0.230 e. The standard InChI is InChI=1S/C12H22N2O2.ClH/c1-14(10-3-2-4-10)11(15)12(9-13)5-7-16-8-6-12;/h10H,2-9,13H2,1H3;1H. The molecular weight excluding hydrogens is 240 g/mol. The number of rotatable bonds is 3. The summed E-state index contributed by atoms with van der Waals surface area (Å²) < 4.78 is 5.33. The molecule has 0 radical (unpaired) electrons. The summed E-state index contributed by atoms with van der Waals surface area (Å²) in [5.41, 5.74) is 5.49. The summed E-state index contributed by atoms with van der Waals surface area (Å²) in [6.07, 6.45) is 5.11. The third-order valence-corrected chi connectivity index (χ3v) is 4.24. The van der Waals surface area contributed by atoms with Crippen molar-refractivity contribution in [1.82, 2.24) is 4.90 Å². The second-order valence-corrected chi connectivity index (χ2v) is 5.10. The average Bonchev–Trinajstić information content (AvgIpc) is 2.26. The van der Waals surface area contributed by atoms with Gasteiger partial charge in [0.25, 0.3) is 0 Å². The van der Waals surface area contributed by atoms with Gasteiger partial charge in [0, 0.05) is 32.8 Å². The topological polar surface area (TPSA) is 55.6 Å². The monoisotopic (exact) mass is 262 g/mol. The van der Waals surface area contributed by atoms with E-state index in [0.29, 0.717) is 25.8 Å². The summed E-state index contributed by atoms with van der Waals surface area (Å²) in [6, 6.07) is 0.457. The van der Waals surface area contributed by atoms with Crippen LogP contribution in [0.3, 0.4) is 0 Å². The molecule has 5 heteroatoms. The van der Waals surface area contributed by atoms with Crippen LogP contribution in [0, 0.1) is 5.41 Å². The van der Waals surface area contributed by atoms with E-state index in [0.717, 1.165) is 25.7 Å². The van der Waals surface area contributed by atoms with Crippen molar-refractivity contribution in [2.24, 2.45) is 11.1 Å². The van der Waals surface area contributed by atoms with E-state index in [1.807, 2.05) is 11.9 Å². The van der Waals surface area contributed by atoms with Gasteiger partial charge in [-0.3, -0.25) is 4.79 Å². The molecule has 1 saturated carbocycles. The van der Waals surface area contributed by atoms with E-state index in [2.05, 4.69) is 0 Å². The van der Waals surface area contributed by atoms with Crippen LogP contribution in [-0.2, 0) is 9.53 Å². The lowest BCUT2D eigenvalue weighted by Crippen LogP contribution is -2.53. The van der Waals surface area contributed by atoms with Crippen LogP contribution in [0.5, 0.6) is 0 Å². The molecule has 1 aliphatic heterocycles. The van der Waals surface area contributed by atoms with E-state index in [4.69, 9.17) is 10.5 Å². The van der Waals surface area contributed by atoms with Gasteiger partial charge in [-0.1, -0.05) is 0 Å². The number of carbonyl (C=O) groups is 1. The molecule has 4 nitrogen and oxygen atoms in total. The second-order valence-electron chi connectivity index (χ2n) is 5.10. The van der Waals surface area contributed by atoms with Crippen molar-refractivity contribution in [3.63, 3.8) is 0 Å². The van der Waals surface area contributed by atoms with Crippen molar-refractivity contribution < 1.29 is 9.53 Å². The fraction of sp³-hybridized carbons (Fsp3) is 0.917. The van der Waals surface area contributed by atoms with Crippen molar-refractivity contribution in [2.75, 3.05) is 26.8 Å². The maximum Gasteiger partial charge on any atom is 0.230 e. The Hall–Kier alpha value is -0.320.